The van der Waals surface area contributed by atoms with Gasteiger partial charge in [0.15, 0.2) is 0 Å². The molecule has 0 bridgehead atoms. The molecule has 2 aromatic carbocycles. The maximum atomic E-state index is 13.1. The van der Waals surface area contributed by atoms with Crippen LogP contribution in [-0.4, -0.2) is 27.0 Å². The molecule has 3 N–H and O–H groups in total. The van der Waals surface area contributed by atoms with Crippen molar-refractivity contribution in [2.75, 3.05) is 5.32 Å². The lowest BCUT2D eigenvalue weighted by Gasteiger charge is -2.13. The van der Waals surface area contributed by atoms with Gasteiger partial charge in [0.25, 0.3) is 5.91 Å². The third-order valence-corrected chi connectivity index (χ3v) is 6.19. The molecule has 1 heterocycles. The smallest absolute Gasteiger partial charge is 0.335 e. The molecule has 1 aliphatic rings. The first-order chi connectivity index (χ1) is 15.6. The Labute approximate surface area is 188 Å². The fraction of sp³-hybridized carbons (Fsp3) is 0.346. The van der Waals surface area contributed by atoms with E-state index in [4.69, 9.17) is 0 Å². The van der Waals surface area contributed by atoms with Crippen LogP contribution in [0.25, 0.3) is 11.4 Å². The van der Waals surface area contributed by atoms with Gasteiger partial charge in [-0.25, -0.2) is 9.78 Å². The average molecular weight is 432 g/mol. The summed E-state index contributed by atoms with van der Waals surface area (Å²) >= 11 is 0. The van der Waals surface area contributed by atoms with Crippen LogP contribution in [0.4, 0.5) is 5.69 Å². The largest absolute Gasteiger partial charge is 0.478 e. The molecule has 1 aromatic heterocycles. The van der Waals surface area contributed by atoms with E-state index in [1.807, 2.05) is 30.3 Å². The SMILES string of the molecule is O=C(O)c1cccc(NC(=O)c2nc(-c3ccccc3)[nH]c2CCC2CCCCCC2)c1. The minimum Gasteiger partial charge on any atom is -0.478 e. The van der Waals surface area contributed by atoms with Crippen molar-refractivity contribution >= 4 is 17.6 Å². The summed E-state index contributed by atoms with van der Waals surface area (Å²) in [5, 5.41) is 12.0. The molecule has 4 rings (SSSR count). The third-order valence-electron chi connectivity index (χ3n) is 6.19. The molecule has 0 spiro atoms. The number of carboxylic acids is 1. The Morgan fingerprint density at radius 1 is 1.00 bits per heavy atom. The molecule has 0 atom stereocenters. The van der Waals surface area contributed by atoms with Crippen LogP contribution in [0, 0.1) is 5.92 Å². The number of anilines is 1. The molecule has 0 radical (unpaired) electrons. The molecule has 1 saturated carbocycles. The summed E-state index contributed by atoms with van der Waals surface area (Å²) in [5.74, 6) is -0.00630. The molecule has 0 saturated heterocycles. The summed E-state index contributed by atoms with van der Waals surface area (Å²) in [5.41, 5.74) is 2.70. The number of imidazole rings is 1. The van der Waals surface area contributed by atoms with Gasteiger partial charge in [-0.3, -0.25) is 4.79 Å². The summed E-state index contributed by atoms with van der Waals surface area (Å²) in [6.07, 6.45) is 9.52. The molecule has 0 unspecified atom stereocenters. The summed E-state index contributed by atoms with van der Waals surface area (Å²) < 4.78 is 0. The predicted molar refractivity (Wildman–Crippen MR) is 125 cm³/mol. The van der Waals surface area contributed by atoms with Crippen molar-refractivity contribution in [1.82, 2.24) is 9.97 Å². The average Bonchev–Trinajstić information content (AvgIpc) is 3.07. The fourth-order valence-electron chi connectivity index (χ4n) is 4.43. The summed E-state index contributed by atoms with van der Waals surface area (Å²) in [7, 11) is 0. The van der Waals surface area contributed by atoms with Gasteiger partial charge in [0.2, 0.25) is 0 Å². The number of aromatic carboxylic acids is 1. The second kappa shape index (κ2) is 10.3. The second-order valence-corrected chi connectivity index (χ2v) is 8.51. The van der Waals surface area contributed by atoms with E-state index in [0.717, 1.165) is 24.1 Å². The fourth-order valence-corrected chi connectivity index (χ4v) is 4.43. The van der Waals surface area contributed by atoms with E-state index in [2.05, 4.69) is 15.3 Å². The van der Waals surface area contributed by atoms with Gasteiger partial charge in [0.1, 0.15) is 11.5 Å². The molecular weight excluding hydrogens is 402 g/mol. The van der Waals surface area contributed by atoms with E-state index in [9.17, 15) is 14.7 Å². The first kappa shape index (κ1) is 21.8. The summed E-state index contributed by atoms with van der Waals surface area (Å²) in [6, 6.07) is 16.0. The highest BCUT2D eigenvalue weighted by Gasteiger charge is 2.21. The lowest BCUT2D eigenvalue weighted by molar-refractivity contribution is 0.0696. The number of amides is 1. The number of carboxylic acid groups (broad SMARTS) is 1. The van der Waals surface area contributed by atoms with E-state index in [1.54, 1.807) is 12.1 Å². The van der Waals surface area contributed by atoms with Crippen LogP contribution < -0.4 is 5.32 Å². The number of nitrogens with zero attached hydrogens (tertiary/aromatic N) is 1. The van der Waals surface area contributed by atoms with Crippen LogP contribution >= 0.6 is 0 Å². The number of aryl methyl sites for hydroxylation is 1. The van der Waals surface area contributed by atoms with Crippen molar-refractivity contribution in [2.45, 2.75) is 51.4 Å². The minimum absolute atomic E-state index is 0.128. The quantitative estimate of drug-likeness (QED) is 0.404. The van der Waals surface area contributed by atoms with Gasteiger partial charge in [0, 0.05) is 16.9 Å². The Balaban J connectivity index is 1.57. The number of hydrogen-bond donors (Lipinski definition) is 3. The Kier molecular flexibility index (Phi) is 7.00. The maximum absolute atomic E-state index is 13.1. The van der Waals surface area contributed by atoms with Gasteiger partial charge < -0.3 is 15.4 Å². The topological polar surface area (TPSA) is 95.1 Å². The Bertz CT molecular complexity index is 1070. The van der Waals surface area contributed by atoms with Crippen LogP contribution in [0.1, 0.15) is 71.5 Å². The zero-order chi connectivity index (χ0) is 22.3. The monoisotopic (exact) mass is 431 g/mol. The highest BCUT2D eigenvalue weighted by atomic mass is 16.4. The first-order valence-corrected chi connectivity index (χ1v) is 11.4. The first-order valence-electron chi connectivity index (χ1n) is 11.4. The summed E-state index contributed by atoms with van der Waals surface area (Å²) in [6.45, 7) is 0. The van der Waals surface area contributed by atoms with Crippen LogP contribution in [0.3, 0.4) is 0 Å². The number of nitrogens with one attached hydrogen (secondary N) is 2. The van der Waals surface area contributed by atoms with Gasteiger partial charge in [-0.05, 0) is 37.0 Å². The van der Waals surface area contributed by atoms with Gasteiger partial charge >= 0.3 is 5.97 Å². The number of carbonyl (C=O) groups excluding carboxylic acids is 1. The number of aromatic amines is 1. The van der Waals surface area contributed by atoms with Crippen molar-refractivity contribution in [1.29, 1.82) is 0 Å². The van der Waals surface area contributed by atoms with E-state index < -0.39 is 5.97 Å². The Morgan fingerprint density at radius 3 is 2.47 bits per heavy atom. The maximum Gasteiger partial charge on any atom is 0.335 e. The van der Waals surface area contributed by atoms with Crippen molar-refractivity contribution in [3.63, 3.8) is 0 Å². The van der Waals surface area contributed by atoms with Crippen LogP contribution in [0.15, 0.2) is 54.6 Å². The highest BCUT2D eigenvalue weighted by Crippen LogP contribution is 2.28. The third kappa shape index (κ3) is 5.44. The molecular formula is C26H29N3O3. The molecule has 1 aliphatic carbocycles. The molecule has 166 valence electrons. The lowest BCUT2D eigenvalue weighted by Crippen LogP contribution is -2.15. The van der Waals surface area contributed by atoms with Crippen LogP contribution in [0.2, 0.25) is 0 Å². The van der Waals surface area contributed by atoms with Crippen molar-refractivity contribution in [3.8, 4) is 11.4 Å². The molecule has 0 aliphatic heterocycles. The van der Waals surface area contributed by atoms with Crippen molar-refractivity contribution in [2.24, 2.45) is 5.92 Å². The minimum atomic E-state index is -1.03. The molecule has 32 heavy (non-hydrogen) atoms. The Morgan fingerprint density at radius 2 is 1.75 bits per heavy atom. The zero-order valence-electron chi connectivity index (χ0n) is 18.1. The number of H-pyrrole nitrogens is 1. The van der Waals surface area contributed by atoms with Gasteiger partial charge in [-0.2, -0.15) is 0 Å². The number of rotatable bonds is 7. The zero-order valence-corrected chi connectivity index (χ0v) is 18.1. The van der Waals surface area contributed by atoms with E-state index in [1.165, 1.54) is 50.7 Å². The number of aromatic nitrogens is 2. The second-order valence-electron chi connectivity index (χ2n) is 8.51. The number of benzene rings is 2. The Hall–Kier alpha value is -3.41. The highest BCUT2D eigenvalue weighted by molar-refractivity contribution is 6.04. The van der Waals surface area contributed by atoms with Crippen LogP contribution in [0.5, 0.6) is 0 Å². The van der Waals surface area contributed by atoms with Gasteiger partial charge in [-0.1, -0.05) is 74.9 Å². The van der Waals surface area contributed by atoms with Gasteiger partial charge in [0.05, 0.1) is 5.56 Å². The predicted octanol–water partition coefficient (Wildman–Crippen LogP) is 5.93. The molecule has 3 aromatic rings. The summed E-state index contributed by atoms with van der Waals surface area (Å²) in [4.78, 5) is 32.4. The van der Waals surface area contributed by atoms with E-state index in [-0.39, 0.29) is 11.5 Å². The van der Waals surface area contributed by atoms with Gasteiger partial charge in [-0.15, -0.1) is 0 Å². The lowest BCUT2D eigenvalue weighted by atomic mass is 9.94. The normalized spacial score (nSPS) is 14.6. The van der Waals surface area contributed by atoms with E-state index >= 15 is 0 Å². The molecule has 1 fully saturated rings. The van der Waals surface area contributed by atoms with Crippen molar-refractivity contribution in [3.05, 3.63) is 71.5 Å². The molecule has 6 heteroatoms. The number of hydrogen-bond acceptors (Lipinski definition) is 3. The molecule has 6 nitrogen and oxygen atoms in total. The molecule has 1 amide bonds. The van der Waals surface area contributed by atoms with Crippen LogP contribution in [-0.2, 0) is 6.42 Å². The van der Waals surface area contributed by atoms with E-state index in [0.29, 0.717) is 23.1 Å². The van der Waals surface area contributed by atoms with Crippen molar-refractivity contribution < 1.29 is 14.7 Å². The number of carbonyl (C=O) groups is 2. The standard InChI is InChI=1S/C26H29N3O3/c30-25(27-21-14-8-13-20(17-21)26(31)32)23-22(16-15-18-9-4-1-2-5-10-18)28-24(29-23)19-11-6-3-7-12-19/h3,6-8,11-14,17-18H,1-2,4-5,9-10,15-16H2,(H,27,30)(H,28,29)(H,31,32).